The van der Waals surface area contributed by atoms with E-state index >= 15 is 0 Å². The molecule has 0 bridgehead atoms. The van der Waals surface area contributed by atoms with E-state index in [2.05, 4.69) is 17.9 Å². The molecule has 3 rings (SSSR count). The molecule has 1 amide bonds. The van der Waals surface area contributed by atoms with E-state index < -0.39 is 5.60 Å². The van der Waals surface area contributed by atoms with Crippen LogP contribution in [0.5, 0.6) is 0 Å². The number of likely N-dealkylation sites (tertiary alicyclic amines) is 1. The van der Waals surface area contributed by atoms with Crippen molar-refractivity contribution in [3.05, 3.63) is 23.9 Å². The van der Waals surface area contributed by atoms with Crippen molar-refractivity contribution in [3.8, 4) is 0 Å². The molecule has 0 aromatic carbocycles. The molecule has 1 atom stereocenters. The van der Waals surface area contributed by atoms with Crippen LogP contribution in [-0.4, -0.2) is 40.7 Å². The maximum Gasteiger partial charge on any atom is 0.416 e. The summed E-state index contributed by atoms with van der Waals surface area (Å²) in [4.78, 5) is 22.4. The second-order valence-corrected chi connectivity index (χ2v) is 9.25. The number of rotatable bonds is 6. The van der Waals surface area contributed by atoms with Gasteiger partial charge in [0.1, 0.15) is 11.4 Å². The van der Waals surface area contributed by atoms with Gasteiger partial charge in [-0.2, -0.15) is 0 Å². The molecule has 156 valence electrons. The number of pyridine rings is 1. The molecule has 1 aliphatic carbocycles. The van der Waals surface area contributed by atoms with Crippen molar-refractivity contribution in [2.75, 3.05) is 18.0 Å². The van der Waals surface area contributed by atoms with Gasteiger partial charge < -0.3 is 4.74 Å². The summed E-state index contributed by atoms with van der Waals surface area (Å²) in [5.41, 5.74) is 0.678. The Morgan fingerprint density at radius 1 is 1.25 bits per heavy atom. The molecule has 0 N–H and O–H groups in total. The molecule has 1 saturated heterocycles. The third-order valence-corrected chi connectivity index (χ3v) is 5.85. The lowest BCUT2D eigenvalue weighted by Gasteiger charge is -2.34. The van der Waals surface area contributed by atoms with Gasteiger partial charge in [0.15, 0.2) is 0 Å². The van der Waals surface area contributed by atoms with Crippen molar-refractivity contribution in [2.24, 2.45) is 0 Å². The number of ether oxygens (including phenoxy) is 1. The van der Waals surface area contributed by atoms with Crippen LogP contribution in [0.25, 0.3) is 0 Å². The Kier molecular flexibility index (Phi) is 6.97. The van der Waals surface area contributed by atoms with Crippen LogP contribution < -0.4 is 4.90 Å². The molecular formula is C23H37N3O2. The second-order valence-electron chi connectivity index (χ2n) is 9.25. The van der Waals surface area contributed by atoms with E-state index in [1.54, 1.807) is 0 Å². The highest BCUT2D eigenvalue weighted by molar-refractivity contribution is 5.88. The molecule has 5 heteroatoms. The normalized spacial score (nSPS) is 21.2. The summed E-state index contributed by atoms with van der Waals surface area (Å²) in [5, 5.41) is 0. The molecule has 0 spiro atoms. The van der Waals surface area contributed by atoms with Crippen LogP contribution in [0.2, 0.25) is 0 Å². The standard InChI is InChI=1S/C23H37N3O2/c1-5-6-16-25-17-10-14-20(25)19-13-9-15-24-21(19)26(18-11-7-8-12-18)22(27)28-23(2,3)4/h9,13,15,18,20H,5-8,10-12,14,16-17H2,1-4H3. The van der Waals surface area contributed by atoms with E-state index in [-0.39, 0.29) is 12.1 Å². The van der Waals surface area contributed by atoms with Crippen LogP contribution in [0.4, 0.5) is 10.6 Å². The first-order valence-corrected chi connectivity index (χ1v) is 11.1. The zero-order valence-electron chi connectivity index (χ0n) is 18.1. The van der Waals surface area contributed by atoms with E-state index in [4.69, 9.17) is 9.72 Å². The number of anilines is 1. The zero-order valence-corrected chi connectivity index (χ0v) is 18.1. The lowest BCUT2D eigenvalue weighted by Crippen LogP contribution is -2.44. The lowest BCUT2D eigenvalue weighted by molar-refractivity contribution is 0.0564. The van der Waals surface area contributed by atoms with Crippen LogP contribution in [0.1, 0.15) is 90.7 Å². The van der Waals surface area contributed by atoms with Crippen LogP contribution in [-0.2, 0) is 4.74 Å². The fourth-order valence-corrected chi connectivity index (χ4v) is 4.56. The molecular weight excluding hydrogens is 350 g/mol. The summed E-state index contributed by atoms with van der Waals surface area (Å²) in [5.74, 6) is 0.817. The fraction of sp³-hybridized carbons (Fsp3) is 0.739. The largest absolute Gasteiger partial charge is 0.443 e. The number of unbranched alkanes of at least 4 members (excludes halogenated alkanes) is 1. The van der Waals surface area contributed by atoms with Gasteiger partial charge in [0.25, 0.3) is 0 Å². The monoisotopic (exact) mass is 387 g/mol. The highest BCUT2D eigenvalue weighted by Gasteiger charge is 2.36. The Labute approximate surface area is 170 Å². The van der Waals surface area contributed by atoms with Crippen LogP contribution in [0.15, 0.2) is 18.3 Å². The first kappa shape index (κ1) is 21.1. The van der Waals surface area contributed by atoms with E-state index in [1.807, 2.05) is 37.9 Å². The average Bonchev–Trinajstić information content (AvgIpc) is 3.31. The van der Waals surface area contributed by atoms with Gasteiger partial charge in [-0.25, -0.2) is 9.78 Å². The van der Waals surface area contributed by atoms with Crippen molar-refractivity contribution in [3.63, 3.8) is 0 Å². The molecule has 1 saturated carbocycles. The average molecular weight is 388 g/mol. The minimum absolute atomic E-state index is 0.189. The zero-order chi connectivity index (χ0) is 20.1. The predicted molar refractivity (Wildman–Crippen MR) is 114 cm³/mol. The SMILES string of the molecule is CCCCN1CCCC1c1cccnc1N(C(=O)OC(C)(C)C)C1CCCC1. The van der Waals surface area contributed by atoms with Gasteiger partial charge in [0, 0.05) is 23.8 Å². The molecule has 1 unspecified atom stereocenters. The lowest BCUT2D eigenvalue weighted by atomic mass is 10.0. The Hall–Kier alpha value is -1.62. The topological polar surface area (TPSA) is 45.7 Å². The molecule has 0 radical (unpaired) electrons. The van der Waals surface area contributed by atoms with Gasteiger partial charge in [0.05, 0.1) is 0 Å². The summed E-state index contributed by atoms with van der Waals surface area (Å²) < 4.78 is 5.81. The smallest absolute Gasteiger partial charge is 0.416 e. The maximum absolute atomic E-state index is 13.2. The quantitative estimate of drug-likeness (QED) is 0.628. The predicted octanol–water partition coefficient (Wildman–Crippen LogP) is 5.70. The van der Waals surface area contributed by atoms with E-state index in [0.717, 1.165) is 51.0 Å². The number of hydrogen-bond donors (Lipinski definition) is 0. The summed E-state index contributed by atoms with van der Waals surface area (Å²) in [6.45, 7) is 10.3. The third kappa shape index (κ3) is 5.05. The van der Waals surface area contributed by atoms with Gasteiger partial charge >= 0.3 is 6.09 Å². The first-order valence-electron chi connectivity index (χ1n) is 11.1. The molecule has 1 aliphatic heterocycles. The molecule has 5 nitrogen and oxygen atoms in total. The number of amides is 1. The highest BCUT2D eigenvalue weighted by Crippen LogP contribution is 2.39. The fourth-order valence-electron chi connectivity index (χ4n) is 4.56. The molecule has 28 heavy (non-hydrogen) atoms. The molecule has 2 heterocycles. The number of aromatic nitrogens is 1. The summed E-state index contributed by atoms with van der Waals surface area (Å²) in [6, 6.07) is 4.72. The number of carbonyl (C=O) groups is 1. The van der Waals surface area contributed by atoms with Gasteiger partial charge in [-0.05, 0) is 72.0 Å². The number of nitrogens with zero attached hydrogens (tertiary/aromatic N) is 3. The van der Waals surface area contributed by atoms with Gasteiger partial charge in [-0.15, -0.1) is 0 Å². The maximum atomic E-state index is 13.2. The van der Waals surface area contributed by atoms with Crippen molar-refractivity contribution < 1.29 is 9.53 Å². The molecule has 2 fully saturated rings. The minimum Gasteiger partial charge on any atom is -0.443 e. The first-order chi connectivity index (χ1) is 13.4. The molecule has 1 aromatic heterocycles. The van der Waals surface area contributed by atoms with E-state index in [1.165, 1.54) is 24.8 Å². The Balaban J connectivity index is 1.93. The number of carbonyl (C=O) groups excluding carboxylic acids is 1. The Bertz CT molecular complexity index is 649. The van der Waals surface area contributed by atoms with Crippen LogP contribution in [0.3, 0.4) is 0 Å². The van der Waals surface area contributed by atoms with Crippen LogP contribution in [0, 0.1) is 0 Å². The van der Waals surface area contributed by atoms with E-state index in [0.29, 0.717) is 6.04 Å². The Morgan fingerprint density at radius 2 is 2.00 bits per heavy atom. The third-order valence-electron chi connectivity index (χ3n) is 5.85. The summed E-state index contributed by atoms with van der Waals surface area (Å²) in [7, 11) is 0. The highest BCUT2D eigenvalue weighted by atomic mass is 16.6. The van der Waals surface area contributed by atoms with E-state index in [9.17, 15) is 4.79 Å². The van der Waals surface area contributed by atoms with Crippen molar-refractivity contribution in [1.82, 2.24) is 9.88 Å². The molecule has 1 aromatic rings. The second kappa shape index (κ2) is 9.25. The van der Waals surface area contributed by atoms with Gasteiger partial charge in [-0.3, -0.25) is 9.80 Å². The van der Waals surface area contributed by atoms with Crippen LogP contribution >= 0.6 is 0 Å². The minimum atomic E-state index is -0.511. The number of hydrogen-bond acceptors (Lipinski definition) is 4. The summed E-state index contributed by atoms with van der Waals surface area (Å²) >= 11 is 0. The Morgan fingerprint density at radius 3 is 2.68 bits per heavy atom. The summed E-state index contributed by atoms with van der Waals surface area (Å²) in [6.07, 6.45) is 10.7. The van der Waals surface area contributed by atoms with Crippen molar-refractivity contribution in [2.45, 2.75) is 96.7 Å². The van der Waals surface area contributed by atoms with Gasteiger partial charge in [0.2, 0.25) is 0 Å². The van der Waals surface area contributed by atoms with Crippen molar-refractivity contribution >= 4 is 11.9 Å². The van der Waals surface area contributed by atoms with Gasteiger partial charge in [-0.1, -0.05) is 32.3 Å². The molecule has 2 aliphatic rings. The van der Waals surface area contributed by atoms with Crippen molar-refractivity contribution in [1.29, 1.82) is 0 Å².